The number of hydrogen-bond donors (Lipinski definition) is 0. The van der Waals surface area contributed by atoms with Gasteiger partial charge in [-0.3, -0.25) is 9.69 Å². The summed E-state index contributed by atoms with van der Waals surface area (Å²) in [4.78, 5) is 20.8. The molecule has 1 aromatic heterocycles. The minimum Gasteiger partial charge on any atom is -0.377 e. The number of nitrogens with zero attached hydrogens (tertiary/aromatic N) is 3. The quantitative estimate of drug-likeness (QED) is 0.747. The Hall–Kier alpha value is -1.17. The van der Waals surface area contributed by atoms with E-state index >= 15 is 0 Å². The molecular weight excluding hydrogens is 314 g/mol. The molecule has 3 rings (SSSR count). The Balaban J connectivity index is 1.62. The number of carbonyl (C=O) groups is 1. The van der Waals surface area contributed by atoms with E-state index in [1.54, 1.807) is 12.3 Å². The van der Waals surface area contributed by atoms with Gasteiger partial charge in [0.05, 0.1) is 12.6 Å². The van der Waals surface area contributed by atoms with E-state index in [2.05, 4.69) is 9.88 Å². The smallest absolute Gasteiger partial charge is 0.236 e. The summed E-state index contributed by atoms with van der Waals surface area (Å²) in [7, 11) is 0. The summed E-state index contributed by atoms with van der Waals surface area (Å²) >= 11 is 5.85. The predicted octanol–water partition coefficient (Wildman–Crippen LogP) is 2.34. The van der Waals surface area contributed by atoms with E-state index in [4.69, 9.17) is 16.3 Å². The number of halogens is 1. The first kappa shape index (κ1) is 16.7. The number of likely N-dealkylation sites (tertiary alicyclic amines) is 1. The fraction of sp³-hybridized carbons (Fsp3) is 0.647. The molecule has 0 spiro atoms. The van der Waals surface area contributed by atoms with Gasteiger partial charge in [-0.15, -0.1) is 0 Å². The molecule has 126 valence electrons. The lowest BCUT2D eigenvalue weighted by Gasteiger charge is -2.27. The van der Waals surface area contributed by atoms with E-state index in [0.717, 1.165) is 57.5 Å². The highest BCUT2D eigenvalue weighted by Crippen LogP contribution is 2.16. The number of pyridine rings is 1. The van der Waals surface area contributed by atoms with Crippen LogP contribution < -0.4 is 0 Å². The third kappa shape index (κ3) is 4.90. The second-order valence-corrected chi connectivity index (χ2v) is 6.77. The van der Waals surface area contributed by atoms with Crippen LogP contribution in [0.1, 0.15) is 31.2 Å². The summed E-state index contributed by atoms with van der Waals surface area (Å²) in [6.45, 7) is 4.57. The Labute approximate surface area is 142 Å². The molecule has 0 unspecified atom stereocenters. The average Bonchev–Trinajstić information content (AvgIpc) is 3.22. The molecule has 6 heteroatoms. The van der Waals surface area contributed by atoms with Crippen LogP contribution in [0.3, 0.4) is 0 Å². The number of aromatic nitrogens is 1. The monoisotopic (exact) mass is 337 g/mol. The molecule has 1 amide bonds. The van der Waals surface area contributed by atoms with Crippen LogP contribution in [0.2, 0.25) is 5.15 Å². The van der Waals surface area contributed by atoms with Crippen LogP contribution in [-0.2, 0) is 16.1 Å². The van der Waals surface area contributed by atoms with Crippen molar-refractivity contribution >= 4 is 17.5 Å². The first-order valence-electron chi connectivity index (χ1n) is 8.43. The van der Waals surface area contributed by atoms with Crippen LogP contribution >= 0.6 is 11.6 Å². The maximum atomic E-state index is 12.5. The van der Waals surface area contributed by atoms with Crippen molar-refractivity contribution in [1.29, 1.82) is 0 Å². The first-order chi connectivity index (χ1) is 11.2. The molecule has 0 radical (unpaired) electrons. The highest BCUT2D eigenvalue weighted by Gasteiger charge is 2.24. The van der Waals surface area contributed by atoms with Crippen molar-refractivity contribution in [3.05, 3.63) is 29.0 Å². The second-order valence-electron chi connectivity index (χ2n) is 6.38. The van der Waals surface area contributed by atoms with E-state index in [1.807, 2.05) is 11.0 Å². The van der Waals surface area contributed by atoms with Crippen molar-refractivity contribution in [2.24, 2.45) is 0 Å². The van der Waals surface area contributed by atoms with Gasteiger partial charge in [-0.25, -0.2) is 4.98 Å². The number of amides is 1. The Kier molecular flexibility index (Phi) is 5.86. The van der Waals surface area contributed by atoms with Crippen molar-refractivity contribution in [3.63, 3.8) is 0 Å². The molecule has 1 atom stereocenters. The minimum atomic E-state index is 0.224. The van der Waals surface area contributed by atoms with Gasteiger partial charge in [-0.2, -0.15) is 0 Å². The summed E-state index contributed by atoms with van der Waals surface area (Å²) in [5.41, 5.74) is 1.07. The standard InChI is InChI=1S/C17H24ClN3O2/c18-16-6-5-14(10-19-16)11-20(12-15-4-3-9-23-15)13-17(22)21-7-1-2-8-21/h5-6,10,15H,1-4,7-9,11-13H2/t15-/m0/s1. The lowest BCUT2D eigenvalue weighted by molar-refractivity contribution is -0.131. The van der Waals surface area contributed by atoms with Gasteiger partial charge in [0, 0.05) is 39.0 Å². The van der Waals surface area contributed by atoms with Crippen molar-refractivity contribution in [2.75, 3.05) is 32.8 Å². The van der Waals surface area contributed by atoms with Gasteiger partial charge >= 0.3 is 0 Å². The zero-order valence-corrected chi connectivity index (χ0v) is 14.2. The minimum absolute atomic E-state index is 0.224. The number of carbonyl (C=O) groups excluding carboxylic acids is 1. The Bertz CT molecular complexity index is 511. The highest BCUT2D eigenvalue weighted by atomic mass is 35.5. The maximum absolute atomic E-state index is 12.5. The van der Waals surface area contributed by atoms with Gasteiger partial charge in [0.2, 0.25) is 5.91 Å². The van der Waals surface area contributed by atoms with Gasteiger partial charge < -0.3 is 9.64 Å². The number of ether oxygens (including phenoxy) is 1. The molecule has 2 saturated heterocycles. The maximum Gasteiger partial charge on any atom is 0.236 e. The van der Waals surface area contributed by atoms with Crippen LogP contribution in [0, 0.1) is 0 Å². The lowest BCUT2D eigenvalue weighted by atomic mass is 10.2. The molecule has 2 fully saturated rings. The van der Waals surface area contributed by atoms with Crippen LogP contribution in [-0.4, -0.2) is 59.6 Å². The third-order valence-electron chi connectivity index (χ3n) is 4.50. The van der Waals surface area contributed by atoms with Crippen LogP contribution in [0.4, 0.5) is 0 Å². The van der Waals surface area contributed by atoms with Gasteiger partial charge in [0.25, 0.3) is 0 Å². The fourth-order valence-electron chi connectivity index (χ4n) is 3.28. The van der Waals surface area contributed by atoms with Gasteiger partial charge in [0.1, 0.15) is 5.15 Å². The molecule has 23 heavy (non-hydrogen) atoms. The van der Waals surface area contributed by atoms with E-state index in [0.29, 0.717) is 18.2 Å². The molecule has 5 nitrogen and oxygen atoms in total. The highest BCUT2D eigenvalue weighted by molar-refractivity contribution is 6.29. The lowest BCUT2D eigenvalue weighted by Crippen LogP contribution is -2.41. The Morgan fingerprint density at radius 1 is 1.35 bits per heavy atom. The molecule has 0 aromatic carbocycles. The van der Waals surface area contributed by atoms with E-state index in [1.165, 1.54) is 0 Å². The third-order valence-corrected chi connectivity index (χ3v) is 4.72. The second kappa shape index (κ2) is 8.08. The molecule has 2 aliphatic heterocycles. The van der Waals surface area contributed by atoms with Crippen molar-refractivity contribution in [3.8, 4) is 0 Å². The largest absolute Gasteiger partial charge is 0.377 e. The van der Waals surface area contributed by atoms with E-state index in [9.17, 15) is 4.79 Å². The summed E-state index contributed by atoms with van der Waals surface area (Å²) < 4.78 is 5.74. The van der Waals surface area contributed by atoms with Gasteiger partial charge in [0.15, 0.2) is 0 Å². The van der Waals surface area contributed by atoms with Crippen molar-refractivity contribution in [2.45, 2.75) is 38.3 Å². The van der Waals surface area contributed by atoms with Gasteiger partial charge in [-0.1, -0.05) is 17.7 Å². The van der Waals surface area contributed by atoms with Crippen molar-refractivity contribution in [1.82, 2.24) is 14.8 Å². The van der Waals surface area contributed by atoms with E-state index < -0.39 is 0 Å². The fourth-order valence-corrected chi connectivity index (χ4v) is 3.39. The Morgan fingerprint density at radius 3 is 2.83 bits per heavy atom. The number of rotatable bonds is 6. The number of hydrogen-bond acceptors (Lipinski definition) is 4. The normalized spacial score (nSPS) is 21.3. The summed E-state index contributed by atoms with van der Waals surface area (Å²) in [6, 6.07) is 3.77. The average molecular weight is 338 g/mol. The molecular formula is C17H24ClN3O2. The molecule has 0 aliphatic carbocycles. The van der Waals surface area contributed by atoms with Crippen LogP contribution in [0.25, 0.3) is 0 Å². The molecule has 3 heterocycles. The zero-order valence-electron chi connectivity index (χ0n) is 13.4. The first-order valence-corrected chi connectivity index (χ1v) is 8.80. The molecule has 0 N–H and O–H groups in total. The van der Waals surface area contributed by atoms with Crippen LogP contribution in [0.5, 0.6) is 0 Å². The molecule has 1 aromatic rings. The topological polar surface area (TPSA) is 45.7 Å². The predicted molar refractivity (Wildman–Crippen MR) is 89.3 cm³/mol. The van der Waals surface area contributed by atoms with Crippen molar-refractivity contribution < 1.29 is 9.53 Å². The SMILES string of the molecule is O=C(CN(Cc1ccc(Cl)nc1)C[C@@H]1CCCO1)N1CCCC1. The molecule has 2 aliphatic rings. The summed E-state index contributed by atoms with van der Waals surface area (Å²) in [5.74, 6) is 0.224. The zero-order chi connectivity index (χ0) is 16.1. The molecule has 0 bridgehead atoms. The van der Waals surface area contributed by atoms with Gasteiger partial charge in [-0.05, 0) is 37.3 Å². The molecule has 0 saturated carbocycles. The summed E-state index contributed by atoms with van der Waals surface area (Å²) in [5, 5.41) is 0.493. The van der Waals surface area contributed by atoms with E-state index in [-0.39, 0.29) is 12.0 Å². The van der Waals surface area contributed by atoms with Crippen LogP contribution in [0.15, 0.2) is 18.3 Å². The Morgan fingerprint density at radius 2 is 2.17 bits per heavy atom. The summed E-state index contributed by atoms with van der Waals surface area (Å²) in [6.07, 6.45) is 6.46.